The van der Waals surface area contributed by atoms with Gasteiger partial charge in [-0.25, -0.2) is 0 Å². The number of nitrogens with zero attached hydrogens (tertiary/aromatic N) is 2. The predicted octanol–water partition coefficient (Wildman–Crippen LogP) is 3.30. The van der Waals surface area contributed by atoms with Crippen molar-refractivity contribution in [1.29, 1.82) is 0 Å². The molecule has 0 aliphatic carbocycles. The lowest BCUT2D eigenvalue weighted by atomic mass is 9.99. The van der Waals surface area contributed by atoms with E-state index in [0.29, 0.717) is 12.1 Å². The number of aliphatic carboxylic acids is 1. The standard InChI is InChI=1S/C16H23ClN2O2.ClH/c1-12(13-3-5-14(17)6-4-13)19-9-7-15(8-10-19)18(2)11-16(20)21;/h3-6,12,15H,7-11H2,1-2H3,(H,20,21);1H. The van der Waals surface area contributed by atoms with Crippen LogP contribution in [0.2, 0.25) is 5.02 Å². The molecule has 22 heavy (non-hydrogen) atoms. The molecule has 1 saturated heterocycles. The topological polar surface area (TPSA) is 43.8 Å². The van der Waals surface area contributed by atoms with Crippen molar-refractivity contribution in [2.75, 3.05) is 26.7 Å². The van der Waals surface area contributed by atoms with E-state index in [0.717, 1.165) is 31.0 Å². The van der Waals surface area contributed by atoms with Crippen molar-refractivity contribution in [2.24, 2.45) is 0 Å². The maximum atomic E-state index is 10.8. The van der Waals surface area contributed by atoms with Crippen molar-refractivity contribution in [2.45, 2.75) is 31.8 Å². The zero-order valence-electron chi connectivity index (χ0n) is 13.0. The fraction of sp³-hybridized carbons (Fsp3) is 0.562. The van der Waals surface area contributed by atoms with Crippen LogP contribution in [0, 0.1) is 0 Å². The van der Waals surface area contributed by atoms with Crippen molar-refractivity contribution < 1.29 is 9.90 Å². The Balaban J connectivity index is 0.00000242. The highest BCUT2D eigenvalue weighted by molar-refractivity contribution is 6.30. The van der Waals surface area contributed by atoms with Crippen molar-refractivity contribution in [1.82, 2.24) is 9.80 Å². The summed E-state index contributed by atoms with van der Waals surface area (Å²) >= 11 is 5.93. The Bertz CT molecular complexity index is 474. The number of likely N-dealkylation sites (tertiary alicyclic amines) is 1. The fourth-order valence-electron chi connectivity index (χ4n) is 3.01. The highest BCUT2D eigenvalue weighted by atomic mass is 35.5. The van der Waals surface area contributed by atoms with Gasteiger partial charge in [-0.2, -0.15) is 0 Å². The quantitative estimate of drug-likeness (QED) is 0.888. The third-order valence-electron chi connectivity index (χ3n) is 4.41. The molecule has 6 heteroatoms. The molecule has 0 aromatic heterocycles. The van der Waals surface area contributed by atoms with Gasteiger partial charge in [0.2, 0.25) is 0 Å². The van der Waals surface area contributed by atoms with Gasteiger partial charge in [0.1, 0.15) is 0 Å². The van der Waals surface area contributed by atoms with E-state index in [9.17, 15) is 4.79 Å². The van der Waals surface area contributed by atoms with Gasteiger partial charge in [-0.3, -0.25) is 14.6 Å². The minimum Gasteiger partial charge on any atom is -0.480 e. The van der Waals surface area contributed by atoms with Crippen LogP contribution in [0.25, 0.3) is 0 Å². The third-order valence-corrected chi connectivity index (χ3v) is 4.66. The number of likely N-dealkylation sites (N-methyl/N-ethyl adjacent to an activating group) is 1. The van der Waals surface area contributed by atoms with E-state index in [-0.39, 0.29) is 19.0 Å². The van der Waals surface area contributed by atoms with Gasteiger partial charge in [0.25, 0.3) is 0 Å². The minimum absolute atomic E-state index is 0. The molecule has 4 nitrogen and oxygen atoms in total. The van der Waals surface area contributed by atoms with Gasteiger partial charge in [-0.15, -0.1) is 12.4 Å². The first-order valence-electron chi connectivity index (χ1n) is 7.39. The van der Waals surface area contributed by atoms with Crippen LogP contribution in [-0.4, -0.2) is 53.6 Å². The largest absolute Gasteiger partial charge is 0.480 e. The molecule has 1 fully saturated rings. The second-order valence-electron chi connectivity index (χ2n) is 5.80. The number of carbonyl (C=O) groups is 1. The first-order chi connectivity index (χ1) is 9.97. The Morgan fingerprint density at radius 1 is 1.36 bits per heavy atom. The van der Waals surface area contributed by atoms with Gasteiger partial charge >= 0.3 is 5.97 Å². The molecule has 1 aromatic rings. The zero-order chi connectivity index (χ0) is 15.4. The molecular weight excluding hydrogens is 323 g/mol. The van der Waals surface area contributed by atoms with Gasteiger partial charge in [0, 0.05) is 30.2 Å². The van der Waals surface area contributed by atoms with Gasteiger partial charge in [-0.05, 0) is 44.5 Å². The summed E-state index contributed by atoms with van der Waals surface area (Å²) in [6.45, 7) is 4.33. The summed E-state index contributed by atoms with van der Waals surface area (Å²) in [5.74, 6) is -0.755. The minimum atomic E-state index is -0.755. The lowest BCUT2D eigenvalue weighted by Crippen LogP contribution is -2.45. The number of benzene rings is 1. The van der Waals surface area contributed by atoms with E-state index >= 15 is 0 Å². The Labute approximate surface area is 143 Å². The summed E-state index contributed by atoms with van der Waals surface area (Å²) < 4.78 is 0. The van der Waals surface area contributed by atoms with Crippen molar-refractivity contribution >= 4 is 30.0 Å². The summed E-state index contributed by atoms with van der Waals surface area (Å²) in [7, 11) is 1.90. The van der Waals surface area contributed by atoms with Crippen LogP contribution in [0.3, 0.4) is 0 Å². The number of carboxylic acid groups (broad SMARTS) is 1. The monoisotopic (exact) mass is 346 g/mol. The van der Waals surface area contributed by atoms with E-state index in [1.54, 1.807) is 0 Å². The molecule has 1 aliphatic heterocycles. The molecule has 1 aromatic carbocycles. The maximum Gasteiger partial charge on any atom is 0.317 e. The molecule has 1 aliphatic rings. The summed E-state index contributed by atoms with van der Waals surface area (Å²) in [5.41, 5.74) is 1.27. The van der Waals surface area contributed by atoms with Gasteiger partial charge in [-0.1, -0.05) is 23.7 Å². The summed E-state index contributed by atoms with van der Waals surface area (Å²) in [4.78, 5) is 15.2. The Morgan fingerprint density at radius 3 is 2.41 bits per heavy atom. The lowest BCUT2D eigenvalue weighted by Gasteiger charge is -2.39. The molecule has 1 N–H and O–H groups in total. The molecule has 1 unspecified atom stereocenters. The normalized spacial score (nSPS) is 18.0. The van der Waals surface area contributed by atoms with Crippen molar-refractivity contribution in [3.05, 3.63) is 34.9 Å². The van der Waals surface area contributed by atoms with Crippen LogP contribution in [0.1, 0.15) is 31.4 Å². The average molecular weight is 347 g/mol. The van der Waals surface area contributed by atoms with Crippen LogP contribution in [0.5, 0.6) is 0 Å². The third kappa shape index (κ3) is 5.13. The van der Waals surface area contributed by atoms with Gasteiger partial charge in [0.05, 0.1) is 6.54 Å². The highest BCUT2D eigenvalue weighted by Gasteiger charge is 2.26. The van der Waals surface area contributed by atoms with E-state index in [1.165, 1.54) is 5.56 Å². The molecule has 0 radical (unpaired) electrons. The van der Waals surface area contributed by atoms with Gasteiger partial charge < -0.3 is 5.11 Å². The number of hydrogen-bond acceptors (Lipinski definition) is 3. The summed E-state index contributed by atoms with van der Waals surface area (Å²) in [6.07, 6.45) is 2.03. The lowest BCUT2D eigenvalue weighted by molar-refractivity contribution is -0.138. The Kier molecular flexibility index (Phi) is 7.63. The fourth-order valence-corrected chi connectivity index (χ4v) is 3.13. The Morgan fingerprint density at radius 2 is 1.91 bits per heavy atom. The predicted molar refractivity (Wildman–Crippen MR) is 92.0 cm³/mol. The molecule has 0 amide bonds. The number of halogens is 2. The first-order valence-corrected chi connectivity index (χ1v) is 7.76. The molecule has 0 bridgehead atoms. The number of carboxylic acids is 1. The number of piperidine rings is 1. The van der Waals surface area contributed by atoms with Crippen LogP contribution < -0.4 is 0 Å². The van der Waals surface area contributed by atoms with Crippen LogP contribution in [0.15, 0.2) is 24.3 Å². The molecule has 0 saturated carbocycles. The average Bonchev–Trinajstić information content (AvgIpc) is 2.47. The molecule has 2 rings (SSSR count). The van der Waals surface area contributed by atoms with E-state index < -0.39 is 5.97 Å². The van der Waals surface area contributed by atoms with E-state index in [2.05, 4.69) is 24.0 Å². The van der Waals surface area contributed by atoms with Gasteiger partial charge in [0.15, 0.2) is 0 Å². The Hall–Kier alpha value is -0.810. The molecular formula is C16H24Cl2N2O2. The summed E-state index contributed by atoms with van der Waals surface area (Å²) in [5, 5.41) is 9.63. The zero-order valence-corrected chi connectivity index (χ0v) is 14.6. The number of hydrogen-bond donors (Lipinski definition) is 1. The molecule has 1 atom stereocenters. The van der Waals surface area contributed by atoms with E-state index in [1.807, 2.05) is 24.1 Å². The second kappa shape index (κ2) is 8.73. The van der Waals surface area contributed by atoms with Crippen LogP contribution in [0.4, 0.5) is 0 Å². The second-order valence-corrected chi connectivity index (χ2v) is 6.24. The van der Waals surface area contributed by atoms with Crippen LogP contribution in [-0.2, 0) is 4.79 Å². The van der Waals surface area contributed by atoms with Crippen LogP contribution >= 0.6 is 24.0 Å². The first kappa shape index (κ1) is 19.2. The smallest absolute Gasteiger partial charge is 0.317 e. The summed E-state index contributed by atoms with van der Waals surface area (Å²) in [6, 6.07) is 8.76. The van der Waals surface area contributed by atoms with Crippen molar-refractivity contribution in [3.63, 3.8) is 0 Å². The molecule has 0 spiro atoms. The molecule has 1 heterocycles. The SMILES string of the molecule is CC(c1ccc(Cl)cc1)N1CCC(N(C)CC(=O)O)CC1.Cl. The van der Waals surface area contributed by atoms with Crippen molar-refractivity contribution in [3.8, 4) is 0 Å². The highest BCUT2D eigenvalue weighted by Crippen LogP contribution is 2.26. The maximum absolute atomic E-state index is 10.8. The number of rotatable bonds is 5. The molecule has 124 valence electrons. The van der Waals surface area contributed by atoms with E-state index in [4.69, 9.17) is 16.7 Å².